The molecule has 3 aromatic rings. The van der Waals surface area contributed by atoms with E-state index in [2.05, 4.69) is 4.98 Å². The number of aliphatic hydroxyl groups is 1. The van der Waals surface area contributed by atoms with Crippen LogP contribution in [0.2, 0.25) is 0 Å². The molecule has 0 amide bonds. The van der Waals surface area contributed by atoms with E-state index in [1.165, 1.54) is 42.7 Å². The summed E-state index contributed by atoms with van der Waals surface area (Å²) in [7, 11) is 0. The number of carbonyl (C=O) groups excluding carboxylic acids is 3. The van der Waals surface area contributed by atoms with Gasteiger partial charge in [0.1, 0.15) is 23.2 Å². The summed E-state index contributed by atoms with van der Waals surface area (Å²) >= 11 is 0. The van der Waals surface area contributed by atoms with Gasteiger partial charge in [-0.05, 0) is 30.3 Å². The lowest BCUT2D eigenvalue weighted by Crippen LogP contribution is -2.15. The van der Waals surface area contributed by atoms with Crippen molar-refractivity contribution < 1.29 is 29.0 Å². The fourth-order valence-electron chi connectivity index (χ4n) is 2.41. The highest BCUT2D eigenvalue weighted by Gasteiger charge is 2.20. The minimum absolute atomic E-state index is 0.00905. The summed E-state index contributed by atoms with van der Waals surface area (Å²) in [5, 5.41) is 9.76. The van der Waals surface area contributed by atoms with Crippen molar-refractivity contribution in [1.82, 2.24) is 4.98 Å². The maximum atomic E-state index is 12.6. The number of ether oxygens (including phenoxy) is 2. The molecule has 0 aliphatic rings. The van der Waals surface area contributed by atoms with Crippen LogP contribution in [0.3, 0.4) is 0 Å². The number of esters is 2. The van der Waals surface area contributed by atoms with Gasteiger partial charge < -0.3 is 19.4 Å². The second-order valence-electron chi connectivity index (χ2n) is 5.64. The number of carbonyl (C=O) groups is 3. The Bertz CT molecular complexity index is 1000. The first kappa shape index (κ1) is 18.9. The number of hydrogen-bond acceptors (Lipinski definition) is 7. The second-order valence-corrected chi connectivity index (χ2v) is 5.64. The van der Waals surface area contributed by atoms with Crippen LogP contribution in [0.15, 0.2) is 73.1 Å². The first-order chi connectivity index (χ1) is 13.6. The average molecular weight is 377 g/mol. The molecule has 1 heterocycles. The van der Waals surface area contributed by atoms with Gasteiger partial charge in [0.2, 0.25) is 0 Å². The van der Waals surface area contributed by atoms with Gasteiger partial charge in [-0.15, -0.1) is 0 Å². The van der Waals surface area contributed by atoms with E-state index >= 15 is 0 Å². The molecule has 0 spiro atoms. The van der Waals surface area contributed by atoms with Crippen molar-refractivity contribution in [2.24, 2.45) is 0 Å². The van der Waals surface area contributed by atoms with Crippen molar-refractivity contribution >= 4 is 18.2 Å². The van der Waals surface area contributed by atoms with Crippen LogP contribution in [-0.4, -0.2) is 28.3 Å². The summed E-state index contributed by atoms with van der Waals surface area (Å²) in [6.07, 6.45) is 1.77. The molecule has 1 aromatic heterocycles. The molecule has 0 fully saturated rings. The molecule has 1 atom stereocenters. The molecule has 0 aliphatic heterocycles. The Kier molecular flexibility index (Phi) is 5.88. The molecular formula is C21H15NO6. The standard InChI is InChI=1S/C21H15NO6/c23-13-17(24)15-7-1-3-9-18(15)28-21(26)16-8-2-4-10-19(16)27-20(25)14-6-5-11-22-12-14/h1-13,17,24H. The Hall–Kier alpha value is -3.84. The van der Waals surface area contributed by atoms with Crippen LogP contribution in [0.1, 0.15) is 32.4 Å². The van der Waals surface area contributed by atoms with Gasteiger partial charge in [-0.3, -0.25) is 4.98 Å². The molecule has 0 bridgehead atoms. The summed E-state index contributed by atoms with van der Waals surface area (Å²) in [6, 6.07) is 15.3. The highest BCUT2D eigenvalue weighted by atomic mass is 16.6. The van der Waals surface area contributed by atoms with E-state index in [4.69, 9.17) is 9.47 Å². The van der Waals surface area contributed by atoms with Gasteiger partial charge >= 0.3 is 11.9 Å². The zero-order valence-electron chi connectivity index (χ0n) is 14.5. The van der Waals surface area contributed by atoms with Crippen LogP contribution >= 0.6 is 0 Å². The Morgan fingerprint density at radius 2 is 1.57 bits per heavy atom. The average Bonchev–Trinajstić information content (AvgIpc) is 2.74. The molecule has 2 aromatic carbocycles. The number of nitrogens with zero attached hydrogens (tertiary/aromatic N) is 1. The number of pyridine rings is 1. The van der Waals surface area contributed by atoms with Gasteiger partial charge in [-0.25, -0.2) is 9.59 Å². The predicted octanol–water partition coefficient (Wildman–Crippen LogP) is 2.75. The van der Waals surface area contributed by atoms with Crippen molar-refractivity contribution in [3.05, 3.63) is 89.7 Å². The number of benzene rings is 2. The first-order valence-electron chi connectivity index (χ1n) is 8.26. The molecule has 28 heavy (non-hydrogen) atoms. The fourth-order valence-corrected chi connectivity index (χ4v) is 2.41. The van der Waals surface area contributed by atoms with Crippen molar-refractivity contribution in [2.75, 3.05) is 0 Å². The molecule has 0 saturated heterocycles. The molecule has 0 radical (unpaired) electrons. The van der Waals surface area contributed by atoms with Gasteiger partial charge in [0.15, 0.2) is 6.29 Å². The van der Waals surface area contributed by atoms with Crippen molar-refractivity contribution in [3.63, 3.8) is 0 Å². The minimum Gasteiger partial charge on any atom is -0.422 e. The van der Waals surface area contributed by atoms with Gasteiger partial charge in [0.25, 0.3) is 0 Å². The van der Waals surface area contributed by atoms with Crippen molar-refractivity contribution in [1.29, 1.82) is 0 Å². The van der Waals surface area contributed by atoms with Crippen molar-refractivity contribution in [2.45, 2.75) is 6.10 Å². The van der Waals surface area contributed by atoms with Gasteiger partial charge in [0.05, 0.1) is 5.56 Å². The third kappa shape index (κ3) is 4.28. The minimum atomic E-state index is -1.43. The van der Waals surface area contributed by atoms with Crippen LogP contribution < -0.4 is 9.47 Å². The zero-order valence-corrected chi connectivity index (χ0v) is 14.5. The van der Waals surface area contributed by atoms with Crippen LogP contribution in [0, 0.1) is 0 Å². The molecule has 1 N–H and O–H groups in total. The highest BCUT2D eigenvalue weighted by molar-refractivity contribution is 5.97. The third-order valence-electron chi connectivity index (χ3n) is 3.78. The molecule has 7 heteroatoms. The Morgan fingerprint density at radius 3 is 2.29 bits per heavy atom. The number of aromatic nitrogens is 1. The van der Waals surface area contributed by atoms with Crippen LogP contribution in [0.5, 0.6) is 11.5 Å². The van der Waals surface area contributed by atoms with Crippen molar-refractivity contribution in [3.8, 4) is 11.5 Å². The Morgan fingerprint density at radius 1 is 0.893 bits per heavy atom. The van der Waals surface area contributed by atoms with E-state index in [0.29, 0.717) is 6.29 Å². The zero-order chi connectivity index (χ0) is 19.9. The number of aliphatic hydroxyl groups excluding tert-OH is 1. The monoisotopic (exact) mass is 377 g/mol. The first-order valence-corrected chi connectivity index (χ1v) is 8.26. The quantitative estimate of drug-likeness (QED) is 0.400. The molecule has 0 aliphatic carbocycles. The second kappa shape index (κ2) is 8.70. The molecule has 0 saturated carbocycles. The maximum absolute atomic E-state index is 12.6. The summed E-state index contributed by atoms with van der Waals surface area (Å²) < 4.78 is 10.6. The number of aldehydes is 1. The van der Waals surface area contributed by atoms with E-state index in [1.54, 1.807) is 30.3 Å². The smallest absolute Gasteiger partial charge is 0.347 e. The summed E-state index contributed by atoms with van der Waals surface area (Å²) in [5.74, 6) is -1.44. The highest BCUT2D eigenvalue weighted by Crippen LogP contribution is 2.27. The lowest BCUT2D eigenvalue weighted by molar-refractivity contribution is -0.115. The van der Waals surface area contributed by atoms with Crippen LogP contribution in [-0.2, 0) is 4.79 Å². The summed E-state index contributed by atoms with van der Waals surface area (Å²) in [4.78, 5) is 39.6. The number of para-hydroxylation sites is 2. The van der Waals surface area contributed by atoms with E-state index in [-0.39, 0.29) is 28.2 Å². The van der Waals surface area contributed by atoms with Crippen LogP contribution in [0.25, 0.3) is 0 Å². The van der Waals surface area contributed by atoms with E-state index in [0.717, 1.165) is 0 Å². The summed E-state index contributed by atoms with van der Waals surface area (Å²) in [6.45, 7) is 0. The topological polar surface area (TPSA) is 103 Å². The lowest BCUT2D eigenvalue weighted by Gasteiger charge is -2.13. The normalized spacial score (nSPS) is 11.3. The Balaban J connectivity index is 1.84. The van der Waals surface area contributed by atoms with Crippen LogP contribution in [0.4, 0.5) is 0 Å². The predicted molar refractivity (Wildman–Crippen MR) is 98.1 cm³/mol. The van der Waals surface area contributed by atoms with E-state index in [1.807, 2.05) is 0 Å². The summed E-state index contributed by atoms with van der Waals surface area (Å²) in [5.41, 5.74) is 0.385. The molecule has 140 valence electrons. The number of hydrogen-bond donors (Lipinski definition) is 1. The largest absolute Gasteiger partial charge is 0.422 e. The number of rotatable bonds is 6. The van der Waals surface area contributed by atoms with Gasteiger partial charge in [-0.2, -0.15) is 0 Å². The van der Waals surface area contributed by atoms with Gasteiger partial charge in [-0.1, -0.05) is 30.3 Å². The maximum Gasteiger partial charge on any atom is 0.347 e. The fraction of sp³-hybridized carbons (Fsp3) is 0.0476. The molecule has 3 rings (SSSR count). The van der Waals surface area contributed by atoms with Gasteiger partial charge in [0, 0.05) is 18.0 Å². The molecule has 7 nitrogen and oxygen atoms in total. The molecular weight excluding hydrogens is 362 g/mol. The molecule has 1 unspecified atom stereocenters. The lowest BCUT2D eigenvalue weighted by atomic mass is 10.1. The van der Waals surface area contributed by atoms with E-state index < -0.39 is 18.0 Å². The SMILES string of the molecule is O=CC(O)c1ccccc1OC(=O)c1ccccc1OC(=O)c1cccnc1. The Labute approximate surface area is 160 Å². The third-order valence-corrected chi connectivity index (χ3v) is 3.78. The van der Waals surface area contributed by atoms with E-state index in [9.17, 15) is 19.5 Å².